The summed E-state index contributed by atoms with van der Waals surface area (Å²) in [6.45, 7) is 0.272. The Labute approximate surface area is 121 Å². The van der Waals surface area contributed by atoms with Gasteiger partial charge in [-0.15, -0.1) is 0 Å². The Kier molecular flexibility index (Phi) is 5.90. The average Bonchev–Trinajstić information content (AvgIpc) is 2.31. The van der Waals surface area contributed by atoms with E-state index in [0.717, 1.165) is 8.04 Å². The fraction of sp³-hybridized carbons (Fsp3) is 0.273. The second-order valence-electron chi connectivity index (χ2n) is 3.21. The van der Waals surface area contributed by atoms with Crippen LogP contribution in [-0.4, -0.2) is 25.5 Å². The molecule has 1 aromatic rings. The molecule has 6 heteroatoms. The van der Waals surface area contributed by atoms with Gasteiger partial charge in [0.05, 0.1) is 19.1 Å². The topological polar surface area (TPSA) is 55.4 Å². The molecular weight excluding hydrogens is 401 g/mol. The van der Waals surface area contributed by atoms with Gasteiger partial charge in [0.15, 0.2) is 0 Å². The van der Waals surface area contributed by atoms with E-state index >= 15 is 0 Å². The quantitative estimate of drug-likeness (QED) is 0.611. The molecule has 0 saturated heterocycles. The van der Waals surface area contributed by atoms with Gasteiger partial charge in [-0.2, -0.15) is 0 Å². The van der Waals surface area contributed by atoms with Crippen LogP contribution in [0.15, 0.2) is 22.7 Å². The molecule has 0 spiro atoms. The minimum atomic E-state index is -0.339. The lowest BCUT2D eigenvalue weighted by molar-refractivity contribution is -0.140. The molecule has 92 valence electrons. The van der Waals surface area contributed by atoms with Crippen LogP contribution in [0.1, 0.15) is 16.8 Å². The van der Waals surface area contributed by atoms with Crippen molar-refractivity contribution < 1.29 is 14.3 Å². The monoisotopic (exact) mass is 411 g/mol. The van der Waals surface area contributed by atoms with Crippen LogP contribution < -0.4 is 5.32 Å². The Morgan fingerprint density at radius 1 is 1.47 bits per heavy atom. The van der Waals surface area contributed by atoms with E-state index in [-0.39, 0.29) is 24.8 Å². The van der Waals surface area contributed by atoms with Crippen molar-refractivity contribution in [2.75, 3.05) is 13.7 Å². The summed E-state index contributed by atoms with van der Waals surface area (Å²) in [5.41, 5.74) is 0.588. The van der Waals surface area contributed by atoms with Crippen LogP contribution in [0.25, 0.3) is 0 Å². The predicted molar refractivity (Wildman–Crippen MR) is 75.8 cm³/mol. The molecule has 0 aromatic heterocycles. The third kappa shape index (κ3) is 4.63. The molecule has 1 amide bonds. The van der Waals surface area contributed by atoms with Gasteiger partial charge in [-0.3, -0.25) is 9.59 Å². The van der Waals surface area contributed by atoms with Crippen molar-refractivity contribution in [3.05, 3.63) is 31.8 Å². The van der Waals surface area contributed by atoms with Gasteiger partial charge in [0, 0.05) is 14.6 Å². The van der Waals surface area contributed by atoms with Crippen molar-refractivity contribution in [2.45, 2.75) is 6.42 Å². The predicted octanol–water partition coefficient (Wildman–Crippen LogP) is 2.35. The lowest BCUT2D eigenvalue weighted by atomic mass is 10.2. The van der Waals surface area contributed by atoms with Crippen molar-refractivity contribution in [2.24, 2.45) is 0 Å². The van der Waals surface area contributed by atoms with E-state index in [2.05, 4.69) is 48.6 Å². The van der Waals surface area contributed by atoms with Crippen LogP contribution in [0, 0.1) is 3.57 Å². The first kappa shape index (κ1) is 14.4. The lowest BCUT2D eigenvalue weighted by Crippen LogP contribution is -2.27. The largest absolute Gasteiger partial charge is 0.469 e. The Morgan fingerprint density at radius 2 is 2.18 bits per heavy atom. The summed E-state index contributed by atoms with van der Waals surface area (Å²) in [5.74, 6) is -0.533. The second-order valence-corrected chi connectivity index (χ2v) is 5.28. The number of nitrogens with one attached hydrogen (secondary N) is 1. The fourth-order valence-electron chi connectivity index (χ4n) is 1.15. The fourth-order valence-corrected chi connectivity index (χ4v) is 2.09. The number of benzene rings is 1. The molecule has 0 unspecified atom stereocenters. The summed E-state index contributed by atoms with van der Waals surface area (Å²) < 4.78 is 6.19. The summed E-state index contributed by atoms with van der Waals surface area (Å²) in [4.78, 5) is 22.7. The SMILES string of the molecule is COC(=O)CCNC(=O)c1cc(Br)ccc1I. The van der Waals surface area contributed by atoms with Gasteiger partial charge >= 0.3 is 5.97 Å². The van der Waals surface area contributed by atoms with E-state index in [0.29, 0.717) is 5.56 Å². The molecule has 1 N–H and O–H groups in total. The van der Waals surface area contributed by atoms with Gasteiger partial charge in [0.2, 0.25) is 0 Å². The van der Waals surface area contributed by atoms with Gasteiger partial charge in [-0.25, -0.2) is 0 Å². The molecule has 0 fully saturated rings. The number of methoxy groups -OCH3 is 1. The summed E-state index contributed by atoms with van der Waals surface area (Å²) in [7, 11) is 1.32. The third-order valence-electron chi connectivity index (χ3n) is 2.02. The Morgan fingerprint density at radius 3 is 2.82 bits per heavy atom. The van der Waals surface area contributed by atoms with E-state index in [1.54, 1.807) is 6.07 Å². The first-order valence-electron chi connectivity index (χ1n) is 4.84. The standard InChI is InChI=1S/C11H11BrINO3/c1-17-10(15)4-5-14-11(16)8-6-7(12)2-3-9(8)13/h2-3,6H,4-5H2,1H3,(H,14,16). The van der Waals surface area contributed by atoms with Gasteiger partial charge in [-0.05, 0) is 40.8 Å². The molecule has 1 rings (SSSR count). The maximum Gasteiger partial charge on any atom is 0.307 e. The maximum absolute atomic E-state index is 11.8. The van der Waals surface area contributed by atoms with E-state index in [1.165, 1.54) is 7.11 Å². The van der Waals surface area contributed by atoms with Crippen LogP contribution in [-0.2, 0) is 9.53 Å². The number of rotatable bonds is 4. The zero-order chi connectivity index (χ0) is 12.8. The summed E-state index contributed by atoms with van der Waals surface area (Å²) in [5, 5.41) is 2.67. The third-order valence-corrected chi connectivity index (χ3v) is 3.45. The van der Waals surface area contributed by atoms with Gasteiger partial charge in [0.1, 0.15) is 0 Å². The molecule has 17 heavy (non-hydrogen) atoms. The maximum atomic E-state index is 11.8. The summed E-state index contributed by atoms with van der Waals surface area (Å²) >= 11 is 5.40. The zero-order valence-corrected chi connectivity index (χ0v) is 12.9. The number of carbonyl (C=O) groups is 2. The van der Waals surface area contributed by atoms with Crippen molar-refractivity contribution in [1.29, 1.82) is 0 Å². The highest BCUT2D eigenvalue weighted by molar-refractivity contribution is 14.1. The second kappa shape index (κ2) is 6.95. The number of esters is 1. The lowest BCUT2D eigenvalue weighted by Gasteiger charge is -2.06. The molecule has 0 aliphatic rings. The number of hydrogen-bond acceptors (Lipinski definition) is 3. The van der Waals surface area contributed by atoms with Crippen molar-refractivity contribution in [3.63, 3.8) is 0 Å². The first-order chi connectivity index (χ1) is 8.04. The molecule has 0 saturated carbocycles. The Bertz CT molecular complexity index is 437. The molecule has 0 aliphatic heterocycles. The molecular formula is C11H11BrINO3. The molecule has 0 bridgehead atoms. The van der Waals surface area contributed by atoms with Gasteiger partial charge in [-0.1, -0.05) is 15.9 Å². The van der Waals surface area contributed by atoms with Crippen LogP contribution in [0.5, 0.6) is 0 Å². The minimum Gasteiger partial charge on any atom is -0.469 e. The van der Waals surface area contributed by atoms with Crippen molar-refractivity contribution in [1.82, 2.24) is 5.32 Å². The Balaban J connectivity index is 2.58. The molecule has 0 atom stereocenters. The number of carbonyl (C=O) groups excluding carboxylic acids is 2. The van der Waals surface area contributed by atoms with Gasteiger partial charge in [0.25, 0.3) is 5.91 Å². The number of ether oxygens (including phenoxy) is 1. The van der Waals surface area contributed by atoms with E-state index in [4.69, 9.17) is 0 Å². The highest BCUT2D eigenvalue weighted by atomic mass is 127. The van der Waals surface area contributed by atoms with Crippen molar-refractivity contribution in [3.8, 4) is 0 Å². The van der Waals surface area contributed by atoms with Crippen LogP contribution in [0.2, 0.25) is 0 Å². The smallest absolute Gasteiger partial charge is 0.307 e. The van der Waals surface area contributed by atoms with Crippen molar-refractivity contribution >= 4 is 50.4 Å². The molecule has 0 aliphatic carbocycles. The molecule has 1 aromatic carbocycles. The highest BCUT2D eigenvalue weighted by Crippen LogP contribution is 2.18. The summed E-state index contributed by atoms with van der Waals surface area (Å²) in [6, 6.07) is 5.46. The molecule has 0 heterocycles. The zero-order valence-electron chi connectivity index (χ0n) is 9.13. The normalized spacial score (nSPS) is 9.82. The number of halogens is 2. The minimum absolute atomic E-state index is 0.173. The Hall–Kier alpha value is -0.630. The highest BCUT2D eigenvalue weighted by Gasteiger charge is 2.10. The first-order valence-corrected chi connectivity index (χ1v) is 6.72. The van der Waals surface area contributed by atoms with E-state index in [1.807, 2.05) is 12.1 Å². The van der Waals surface area contributed by atoms with E-state index < -0.39 is 0 Å². The molecule has 0 radical (unpaired) electrons. The van der Waals surface area contributed by atoms with Crippen LogP contribution >= 0.6 is 38.5 Å². The van der Waals surface area contributed by atoms with E-state index in [9.17, 15) is 9.59 Å². The molecule has 4 nitrogen and oxygen atoms in total. The van der Waals surface area contributed by atoms with Crippen LogP contribution in [0.3, 0.4) is 0 Å². The number of hydrogen-bond donors (Lipinski definition) is 1. The van der Waals surface area contributed by atoms with Crippen LogP contribution in [0.4, 0.5) is 0 Å². The average molecular weight is 412 g/mol. The van der Waals surface area contributed by atoms with Gasteiger partial charge < -0.3 is 10.1 Å². The number of amides is 1. The summed E-state index contributed by atoms with van der Waals surface area (Å²) in [6.07, 6.45) is 0.173.